The number of carbonyl (C=O) groups excluding carboxylic acids is 1. The van der Waals surface area contributed by atoms with Gasteiger partial charge in [0.2, 0.25) is 0 Å². The number of benzene rings is 2. The standard InChI is InChI=1S/C19H15N3O3S3/c1-2-28(24,25)13-7-5-6-12(10-13)17(23)22-19-21-15(11-26-19)18-20-14-8-3-4-9-16(14)27-18/h3-11H,2H2,1H3,(H,21,22,23). The van der Waals surface area contributed by atoms with E-state index in [9.17, 15) is 13.2 Å². The first kappa shape index (κ1) is 18.7. The molecule has 2 aromatic heterocycles. The van der Waals surface area contributed by atoms with Gasteiger partial charge in [0.1, 0.15) is 10.7 Å². The Morgan fingerprint density at radius 1 is 1.11 bits per heavy atom. The summed E-state index contributed by atoms with van der Waals surface area (Å²) in [6.07, 6.45) is 0. The van der Waals surface area contributed by atoms with Crippen molar-refractivity contribution in [3.8, 4) is 10.7 Å². The lowest BCUT2D eigenvalue weighted by Crippen LogP contribution is -2.13. The zero-order chi connectivity index (χ0) is 19.7. The second-order valence-electron chi connectivity index (χ2n) is 5.91. The van der Waals surface area contributed by atoms with Crippen LogP contribution in [-0.2, 0) is 9.84 Å². The fourth-order valence-corrected chi connectivity index (χ4v) is 5.19. The van der Waals surface area contributed by atoms with E-state index in [-0.39, 0.29) is 16.2 Å². The van der Waals surface area contributed by atoms with Crippen LogP contribution < -0.4 is 5.32 Å². The van der Waals surface area contributed by atoms with Gasteiger partial charge in [0.05, 0.1) is 20.9 Å². The number of amides is 1. The van der Waals surface area contributed by atoms with E-state index in [1.165, 1.54) is 34.8 Å². The molecule has 0 spiro atoms. The summed E-state index contributed by atoms with van der Waals surface area (Å²) >= 11 is 2.84. The molecule has 0 unspecified atom stereocenters. The van der Waals surface area contributed by atoms with Gasteiger partial charge >= 0.3 is 0 Å². The minimum absolute atomic E-state index is 0.0178. The van der Waals surface area contributed by atoms with Crippen LogP contribution in [0.3, 0.4) is 0 Å². The Kier molecular flexibility index (Phi) is 4.96. The van der Waals surface area contributed by atoms with Crippen LogP contribution in [0.1, 0.15) is 17.3 Å². The highest BCUT2D eigenvalue weighted by Gasteiger charge is 2.16. The van der Waals surface area contributed by atoms with Crippen molar-refractivity contribution in [1.29, 1.82) is 0 Å². The third-order valence-electron chi connectivity index (χ3n) is 4.07. The Labute approximate surface area is 169 Å². The molecule has 4 rings (SSSR count). The predicted molar refractivity (Wildman–Crippen MR) is 113 cm³/mol. The molecule has 6 nitrogen and oxygen atoms in total. The number of nitrogens with zero attached hydrogens (tertiary/aromatic N) is 2. The lowest BCUT2D eigenvalue weighted by atomic mass is 10.2. The smallest absolute Gasteiger partial charge is 0.257 e. The van der Waals surface area contributed by atoms with Crippen LogP contribution in [-0.4, -0.2) is 30.0 Å². The molecular weight excluding hydrogens is 414 g/mol. The molecule has 28 heavy (non-hydrogen) atoms. The van der Waals surface area contributed by atoms with Crippen molar-refractivity contribution in [3.05, 3.63) is 59.5 Å². The van der Waals surface area contributed by atoms with Crippen LogP contribution in [0.4, 0.5) is 5.13 Å². The van der Waals surface area contributed by atoms with E-state index in [1.54, 1.807) is 19.1 Å². The summed E-state index contributed by atoms with van der Waals surface area (Å²) in [6, 6.07) is 13.9. The van der Waals surface area contributed by atoms with Crippen molar-refractivity contribution in [2.45, 2.75) is 11.8 Å². The zero-order valence-corrected chi connectivity index (χ0v) is 17.2. The van der Waals surface area contributed by atoms with E-state index in [4.69, 9.17) is 0 Å². The van der Waals surface area contributed by atoms with Crippen molar-refractivity contribution in [1.82, 2.24) is 9.97 Å². The highest BCUT2D eigenvalue weighted by molar-refractivity contribution is 7.91. The Hall–Kier alpha value is -2.62. The molecule has 0 aliphatic rings. The molecule has 9 heteroatoms. The largest absolute Gasteiger partial charge is 0.298 e. The summed E-state index contributed by atoms with van der Waals surface area (Å²) in [6.45, 7) is 1.57. The summed E-state index contributed by atoms with van der Waals surface area (Å²) in [5.74, 6) is -0.422. The highest BCUT2D eigenvalue weighted by Crippen LogP contribution is 2.32. The van der Waals surface area contributed by atoms with Gasteiger partial charge in [0.15, 0.2) is 15.0 Å². The van der Waals surface area contributed by atoms with Crippen molar-refractivity contribution in [2.75, 3.05) is 11.1 Å². The van der Waals surface area contributed by atoms with E-state index < -0.39 is 15.7 Å². The van der Waals surface area contributed by atoms with Gasteiger partial charge in [-0.3, -0.25) is 10.1 Å². The van der Waals surface area contributed by atoms with Crippen LogP contribution in [0.2, 0.25) is 0 Å². The number of fused-ring (bicyclic) bond motifs is 1. The van der Waals surface area contributed by atoms with E-state index in [2.05, 4.69) is 15.3 Å². The van der Waals surface area contributed by atoms with Crippen LogP contribution >= 0.6 is 22.7 Å². The number of thiazole rings is 2. The number of hydrogen-bond donors (Lipinski definition) is 1. The van der Waals surface area contributed by atoms with Gasteiger partial charge in [0.25, 0.3) is 5.91 Å². The summed E-state index contributed by atoms with van der Waals surface area (Å²) in [4.78, 5) is 21.7. The number of para-hydroxylation sites is 1. The molecule has 142 valence electrons. The van der Waals surface area contributed by atoms with E-state index >= 15 is 0 Å². The van der Waals surface area contributed by atoms with Crippen molar-refractivity contribution >= 4 is 53.8 Å². The van der Waals surface area contributed by atoms with Crippen LogP contribution in [0.5, 0.6) is 0 Å². The lowest BCUT2D eigenvalue weighted by molar-refractivity contribution is 0.102. The van der Waals surface area contributed by atoms with Gasteiger partial charge in [0, 0.05) is 10.9 Å². The lowest BCUT2D eigenvalue weighted by Gasteiger charge is -2.05. The normalized spacial score (nSPS) is 11.6. The average molecular weight is 430 g/mol. The van der Waals surface area contributed by atoms with Crippen LogP contribution in [0.25, 0.3) is 20.9 Å². The number of hydrogen-bond acceptors (Lipinski definition) is 7. The Bertz CT molecular complexity index is 1240. The quantitative estimate of drug-likeness (QED) is 0.506. The molecule has 2 aromatic carbocycles. The second-order valence-corrected chi connectivity index (χ2v) is 10.1. The van der Waals surface area contributed by atoms with E-state index in [0.717, 1.165) is 15.2 Å². The first-order valence-electron chi connectivity index (χ1n) is 8.42. The summed E-state index contributed by atoms with van der Waals surface area (Å²) < 4.78 is 25.1. The minimum atomic E-state index is -3.37. The first-order chi connectivity index (χ1) is 13.5. The van der Waals surface area contributed by atoms with Crippen molar-refractivity contribution < 1.29 is 13.2 Å². The first-order valence-corrected chi connectivity index (χ1v) is 11.8. The number of nitrogens with one attached hydrogen (secondary N) is 1. The van der Waals surface area contributed by atoms with Gasteiger partial charge in [-0.25, -0.2) is 18.4 Å². The maximum absolute atomic E-state index is 12.5. The van der Waals surface area contributed by atoms with Gasteiger partial charge in [-0.2, -0.15) is 0 Å². The number of rotatable bonds is 5. The second kappa shape index (κ2) is 7.42. The molecule has 0 radical (unpaired) electrons. The fraction of sp³-hybridized carbons (Fsp3) is 0.105. The molecule has 1 amide bonds. The zero-order valence-electron chi connectivity index (χ0n) is 14.7. The summed E-state index contributed by atoms with van der Waals surface area (Å²) in [5, 5.41) is 5.79. The van der Waals surface area contributed by atoms with Gasteiger partial charge in [-0.1, -0.05) is 25.1 Å². The molecule has 4 aromatic rings. The molecule has 0 saturated heterocycles. The summed E-state index contributed by atoms with van der Waals surface area (Å²) in [7, 11) is -3.37. The number of sulfone groups is 1. The van der Waals surface area contributed by atoms with Gasteiger partial charge in [-0.05, 0) is 30.3 Å². The van der Waals surface area contributed by atoms with E-state index in [1.807, 2.05) is 29.6 Å². The van der Waals surface area contributed by atoms with Crippen LogP contribution in [0.15, 0.2) is 58.8 Å². The topological polar surface area (TPSA) is 89.0 Å². The SMILES string of the molecule is CCS(=O)(=O)c1cccc(C(=O)Nc2nc(-c3nc4ccccc4s3)cs2)c1. The molecule has 0 aliphatic carbocycles. The van der Waals surface area contributed by atoms with Crippen molar-refractivity contribution in [3.63, 3.8) is 0 Å². The third-order valence-corrected chi connectivity index (χ3v) is 7.62. The molecule has 0 aliphatic heterocycles. The maximum Gasteiger partial charge on any atom is 0.257 e. The number of carbonyl (C=O) groups is 1. The highest BCUT2D eigenvalue weighted by atomic mass is 32.2. The maximum atomic E-state index is 12.5. The Morgan fingerprint density at radius 3 is 2.71 bits per heavy atom. The monoisotopic (exact) mass is 429 g/mol. The molecule has 1 N–H and O–H groups in total. The molecule has 2 heterocycles. The van der Waals surface area contributed by atoms with E-state index in [0.29, 0.717) is 10.8 Å². The third kappa shape index (κ3) is 3.68. The van der Waals surface area contributed by atoms with Gasteiger partial charge in [-0.15, -0.1) is 22.7 Å². The molecule has 0 saturated carbocycles. The fourth-order valence-electron chi connectivity index (χ4n) is 2.58. The van der Waals surface area contributed by atoms with Gasteiger partial charge < -0.3 is 0 Å². The Morgan fingerprint density at radius 2 is 1.93 bits per heavy atom. The van der Waals surface area contributed by atoms with Crippen molar-refractivity contribution in [2.24, 2.45) is 0 Å². The summed E-state index contributed by atoms with van der Waals surface area (Å²) in [5.41, 5.74) is 1.88. The number of anilines is 1. The Balaban J connectivity index is 1.55. The molecule has 0 fully saturated rings. The number of aromatic nitrogens is 2. The van der Waals surface area contributed by atoms with Crippen LogP contribution in [0, 0.1) is 0 Å². The average Bonchev–Trinajstić information content (AvgIpc) is 3.34. The minimum Gasteiger partial charge on any atom is -0.298 e. The molecular formula is C19H15N3O3S3. The molecule has 0 bridgehead atoms. The molecule has 0 atom stereocenters. The predicted octanol–water partition coefficient (Wildman–Crippen LogP) is 4.47.